The summed E-state index contributed by atoms with van der Waals surface area (Å²) in [6.07, 6.45) is 7.58. The van der Waals surface area contributed by atoms with Crippen LogP contribution in [-0.4, -0.2) is 30.8 Å². The number of ether oxygens (including phenoxy) is 1. The van der Waals surface area contributed by atoms with Crippen molar-refractivity contribution in [2.75, 3.05) is 12.9 Å². The second-order valence-electron chi connectivity index (χ2n) is 5.21. The molecule has 0 heterocycles. The van der Waals surface area contributed by atoms with Gasteiger partial charge in [-0.3, -0.25) is 4.79 Å². The van der Waals surface area contributed by atoms with E-state index in [1.165, 1.54) is 6.42 Å². The molecule has 1 amide bonds. The molecular formula is C16H21NO3S. The Morgan fingerprint density at radius 2 is 1.86 bits per heavy atom. The zero-order chi connectivity index (χ0) is 15.1. The Hall–Kier alpha value is -1.49. The van der Waals surface area contributed by atoms with Gasteiger partial charge in [0.25, 0.3) is 5.91 Å². The summed E-state index contributed by atoms with van der Waals surface area (Å²) in [5.74, 6) is -0.669. The van der Waals surface area contributed by atoms with Gasteiger partial charge in [0.15, 0.2) is 6.61 Å². The van der Waals surface area contributed by atoms with E-state index in [-0.39, 0.29) is 18.6 Å². The Morgan fingerprint density at radius 1 is 1.19 bits per heavy atom. The Balaban J connectivity index is 1.75. The van der Waals surface area contributed by atoms with Crippen LogP contribution in [0.2, 0.25) is 0 Å². The van der Waals surface area contributed by atoms with Crippen molar-refractivity contribution < 1.29 is 14.3 Å². The van der Waals surface area contributed by atoms with Crippen molar-refractivity contribution >= 4 is 23.6 Å². The Labute approximate surface area is 129 Å². The van der Waals surface area contributed by atoms with Crippen molar-refractivity contribution in [1.82, 2.24) is 5.32 Å². The molecule has 1 N–H and O–H groups in total. The van der Waals surface area contributed by atoms with E-state index in [0.29, 0.717) is 5.56 Å². The lowest BCUT2D eigenvalue weighted by Crippen LogP contribution is -2.38. The number of hydrogen-bond donors (Lipinski definition) is 1. The van der Waals surface area contributed by atoms with Crippen LogP contribution in [0.4, 0.5) is 0 Å². The van der Waals surface area contributed by atoms with E-state index in [0.717, 1.165) is 30.6 Å². The Kier molecular flexibility index (Phi) is 6.11. The second-order valence-corrected chi connectivity index (χ2v) is 6.09. The SMILES string of the molecule is CSc1ccc(C(=O)OCC(=O)NC2CCCCC2)cc1. The maximum absolute atomic E-state index is 11.8. The number of amides is 1. The van der Waals surface area contributed by atoms with E-state index >= 15 is 0 Å². The lowest BCUT2D eigenvalue weighted by atomic mass is 9.95. The molecule has 1 fully saturated rings. The number of benzene rings is 1. The van der Waals surface area contributed by atoms with Gasteiger partial charge in [-0.05, 0) is 43.4 Å². The summed E-state index contributed by atoms with van der Waals surface area (Å²) in [4.78, 5) is 24.7. The molecule has 4 nitrogen and oxygen atoms in total. The minimum atomic E-state index is -0.457. The maximum Gasteiger partial charge on any atom is 0.338 e. The third-order valence-electron chi connectivity index (χ3n) is 3.63. The lowest BCUT2D eigenvalue weighted by Gasteiger charge is -2.22. The fourth-order valence-electron chi connectivity index (χ4n) is 2.46. The summed E-state index contributed by atoms with van der Waals surface area (Å²) in [7, 11) is 0. The third kappa shape index (κ3) is 5.08. The first-order valence-corrected chi connectivity index (χ1v) is 8.52. The van der Waals surface area contributed by atoms with Crippen LogP contribution in [-0.2, 0) is 9.53 Å². The topological polar surface area (TPSA) is 55.4 Å². The average Bonchev–Trinajstić information content (AvgIpc) is 2.53. The van der Waals surface area contributed by atoms with E-state index < -0.39 is 5.97 Å². The van der Waals surface area contributed by atoms with Gasteiger partial charge >= 0.3 is 5.97 Å². The smallest absolute Gasteiger partial charge is 0.338 e. The number of carbonyl (C=O) groups is 2. The van der Waals surface area contributed by atoms with E-state index in [1.807, 2.05) is 18.4 Å². The maximum atomic E-state index is 11.8. The van der Waals surface area contributed by atoms with Crippen LogP contribution in [0.3, 0.4) is 0 Å². The van der Waals surface area contributed by atoms with Gasteiger partial charge in [-0.2, -0.15) is 0 Å². The molecular weight excluding hydrogens is 286 g/mol. The molecule has 0 aromatic heterocycles. The highest BCUT2D eigenvalue weighted by Gasteiger charge is 2.17. The first kappa shape index (κ1) is 15.9. The monoisotopic (exact) mass is 307 g/mol. The standard InChI is InChI=1S/C16H21NO3S/c1-21-14-9-7-12(8-10-14)16(19)20-11-15(18)17-13-5-3-2-4-6-13/h7-10,13H,2-6,11H2,1H3,(H,17,18). The summed E-state index contributed by atoms with van der Waals surface area (Å²) >= 11 is 1.61. The summed E-state index contributed by atoms with van der Waals surface area (Å²) in [6, 6.07) is 7.40. The predicted molar refractivity (Wildman–Crippen MR) is 83.5 cm³/mol. The van der Waals surface area contributed by atoms with E-state index in [4.69, 9.17) is 4.74 Å². The zero-order valence-corrected chi connectivity index (χ0v) is 13.1. The van der Waals surface area contributed by atoms with Crippen molar-refractivity contribution in [2.24, 2.45) is 0 Å². The molecule has 1 aliphatic rings. The van der Waals surface area contributed by atoms with Gasteiger partial charge in [-0.15, -0.1) is 11.8 Å². The van der Waals surface area contributed by atoms with Gasteiger partial charge in [-0.25, -0.2) is 4.79 Å². The largest absolute Gasteiger partial charge is 0.452 e. The minimum Gasteiger partial charge on any atom is -0.452 e. The first-order valence-electron chi connectivity index (χ1n) is 7.29. The molecule has 2 rings (SSSR count). The fourth-order valence-corrected chi connectivity index (χ4v) is 2.87. The third-order valence-corrected chi connectivity index (χ3v) is 4.37. The molecule has 21 heavy (non-hydrogen) atoms. The van der Waals surface area contributed by atoms with Crippen LogP contribution in [0.1, 0.15) is 42.5 Å². The van der Waals surface area contributed by atoms with E-state index in [1.54, 1.807) is 23.9 Å². The van der Waals surface area contributed by atoms with Crippen LogP contribution in [0, 0.1) is 0 Å². The summed E-state index contributed by atoms with van der Waals surface area (Å²) in [5.41, 5.74) is 0.471. The normalized spacial score (nSPS) is 15.5. The van der Waals surface area contributed by atoms with E-state index in [2.05, 4.69) is 5.32 Å². The number of esters is 1. The summed E-state index contributed by atoms with van der Waals surface area (Å²) < 4.78 is 5.05. The molecule has 0 unspecified atom stereocenters. The zero-order valence-electron chi connectivity index (χ0n) is 12.3. The fraction of sp³-hybridized carbons (Fsp3) is 0.500. The number of hydrogen-bond acceptors (Lipinski definition) is 4. The van der Waals surface area contributed by atoms with Crippen LogP contribution in [0.5, 0.6) is 0 Å². The number of thioether (sulfide) groups is 1. The van der Waals surface area contributed by atoms with Crippen molar-refractivity contribution in [2.45, 2.75) is 43.0 Å². The molecule has 0 aliphatic heterocycles. The Morgan fingerprint density at radius 3 is 2.48 bits per heavy atom. The average molecular weight is 307 g/mol. The van der Waals surface area contributed by atoms with Gasteiger partial charge in [0.05, 0.1) is 5.56 Å². The molecule has 1 aliphatic carbocycles. The molecule has 114 valence electrons. The Bertz CT molecular complexity index is 481. The van der Waals surface area contributed by atoms with Gasteiger partial charge in [-0.1, -0.05) is 19.3 Å². The van der Waals surface area contributed by atoms with Crippen LogP contribution < -0.4 is 5.32 Å². The summed E-state index contributed by atoms with van der Waals surface area (Å²) in [6.45, 7) is -0.209. The van der Waals surface area contributed by atoms with Crippen molar-refractivity contribution in [3.05, 3.63) is 29.8 Å². The lowest BCUT2D eigenvalue weighted by molar-refractivity contribution is -0.125. The molecule has 0 radical (unpaired) electrons. The highest BCUT2D eigenvalue weighted by Crippen LogP contribution is 2.17. The molecule has 5 heteroatoms. The van der Waals surface area contributed by atoms with Crippen molar-refractivity contribution in [3.63, 3.8) is 0 Å². The number of nitrogens with one attached hydrogen (secondary N) is 1. The second kappa shape index (κ2) is 8.08. The predicted octanol–water partition coefficient (Wildman–Crippen LogP) is 3.01. The molecule has 1 aromatic carbocycles. The van der Waals surface area contributed by atoms with Crippen molar-refractivity contribution in [1.29, 1.82) is 0 Å². The van der Waals surface area contributed by atoms with Crippen LogP contribution in [0.25, 0.3) is 0 Å². The highest BCUT2D eigenvalue weighted by atomic mass is 32.2. The van der Waals surface area contributed by atoms with E-state index in [9.17, 15) is 9.59 Å². The minimum absolute atomic E-state index is 0.209. The molecule has 1 aromatic rings. The molecule has 0 spiro atoms. The molecule has 1 saturated carbocycles. The number of rotatable bonds is 5. The quantitative estimate of drug-likeness (QED) is 0.671. The van der Waals surface area contributed by atoms with Crippen molar-refractivity contribution in [3.8, 4) is 0 Å². The number of carbonyl (C=O) groups excluding carboxylic acids is 2. The van der Waals surface area contributed by atoms with Crippen LogP contribution >= 0.6 is 11.8 Å². The highest BCUT2D eigenvalue weighted by molar-refractivity contribution is 7.98. The van der Waals surface area contributed by atoms with Crippen LogP contribution in [0.15, 0.2) is 29.2 Å². The molecule has 0 atom stereocenters. The van der Waals surface area contributed by atoms with Gasteiger partial charge < -0.3 is 10.1 Å². The first-order chi connectivity index (χ1) is 10.2. The molecule has 0 bridgehead atoms. The van der Waals surface area contributed by atoms with Gasteiger partial charge in [0.1, 0.15) is 0 Å². The molecule has 0 saturated heterocycles. The summed E-state index contributed by atoms with van der Waals surface area (Å²) in [5, 5.41) is 2.92. The van der Waals surface area contributed by atoms with Gasteiger partial charge in [0.2, 0.25) is 0 Å². The van der Waals surface area contributed by atoms with Gasteiger partial charge in [0, 0.05) is 10.9 Å².